The molecule has 0 saturated heterocycles. The summed E-state index contributed by atoms with van der Waals surface area (Å²) in [5, 5.41) is 10.7. The molecule has 0 aromatic heterocycles. The lowest BCUT2D eigenvalue weighted by Gasteiger charge is -2.08. The fourth-order valence-electron chi connectivity index (χ4n) is 1.17. The van der Waals surface area contributed by atoms with Gasteiger partial charge in [0.15, 0.2) is 0 Å². The molecule has 1 rings (SSSR count). The molecule has 0 heterocycles. The normalized spacial score (nSPS) is 11.1. The third kappa shape index (κ3) is 5.64. The number of nitrogens with one attached hydrogen (secondary N) is 1. The standard InChI is InChI=1S/C11H10F3NO3S/c12-11(13,14)7-1-3-8(4-2-7)15-9(16)5-19-6-10(17)18/h1-4H,5-6H2,(H,15,16)(H,17,18). The molecule has 0 saturated carbocycles. The Balaban J connectivity index is 2.49. The molecule has 0 aliphatic carbocycles. The molecule has 1 aromatic rings. The first-order valence-electron chi connectivity index (χ1n) is 5.05. The van der Waals surface area contributed by atoms with Gasteiger partial charge in [-0.3, -0.25) is 9.59 Å². The Hall–Kier alpha value is -1.70. The zero-order valence-electron chi connectivity index (χ0n) is 9.53. The highest BCUT2D eigenvalue weighted by Gasteiger charge is 2.29. The number of carboxylic acids is 1. The Kier molecular flexibility index (Phi) is 5.22. The van der Waals surface area contributed by atoms with Crippen LogP contribution in [0.2, 0.25) is 0 Å². The Morgan fingerprint density at radius 2 is 1.74 bits per heavy atom. The topological polar surface area (TPSA) is 66.4 Å². The Bertz CT molecular complexity index is 459. The maximum Gasteiger partial charge on any atom is 0.416 e. The molecule has 0 spiro atoms. The number of hydrogen-bond donors (Lipinski definition) is 2. The zero-order valence-corrected chi connectivity index (χ0v) is 10.3. The third-order valence-electron chi connectivity index (χ3n) is 1.95. The minimum Gasteiger partial charge on any atom is -0.481 e. The minimum absolute atomic E-state index is 0.0761. The van der Waals surface area contributed by atoms with E-state index in [0.717, 1.165) is 36.0 Å². The van der Waals surface area contributed by atoms with E-state index in [1.807, 2.05) is 0 Å². The van der Waals surface area contributed by atoms with Gasteiger partial charge in [-0.25, -0.2) is 0 Å². The molecular weight excluding hydrogens is 283 g/mol. The van der Waals surface area contributed by atoms with Gasteiger partial charge in [0.05, 0.1) is 17.1 Å². The maximum absolute atomic E-state index is 12.3. The summed E-state index contributed by atoms with van der Waals surface area (Å²) >= 11 is 0.905. The van der Waals surface area contributed by atoms with Crippen LogP contribution in [0.5, 0.6) is 0 Å². The van der Waals surface area contributed by atoms with E-state index in [2.05, 4.69) is 5.32 Å². The summed E-state index contributed by atoms with van der Waals surface area (Å²) in [5.74, 6) is -1.79. The number of benzene rings is 1. The van der Waals surface area contributed by atoms with E-state index in [1.54, 1.807) is 0 Å². The second-order valence-corrected chi connectivity index (χ2v) is 4.50. The molecule has 0 unspecified atom stereocenters. The van der Waals surface area contributed by atoms with Crippen molar-refractivity contribution in [3.05, 3.63) is 29.8 Å². The SMILES string of the molecule is O=C(O)CSCC(=O)Nc1ccc(C(F)(F)F)cc1. The number of thioether (sulfide) groups is 1. The van der Waals surface area contributed by atoms with Crippen LogP contribution in [0, 0.1) is 0 Å². The van der Waals surface area contributed by atoms with Crippen molar-refractivity contribution in [2.75, 3.05) is 16.8 Å². The van der Waals surface area contributed by atoms with Crippen LogP contribution in [-0.4, -0.2) is 28.5 Å². The largest absolute Gasteiger partial charge is 0.481 e. The number of amides is 1. The molecule has 0 aliphatic rings. The highest BCUT2D eigenvalue weighted by molar-refractivity contribution is 8.00. The molecular formula is C11H10F3NO3S. The molecule has 4 nitrogen and oxygen atoms in total. The molecule has 8 heteroatoms. The second kappa shape index (κ2) is 6.46. The van der Waals surface area contributed by atoms with Crippen molar-refractivity contribution in [3.63, 3.8) is 0 Å². The Morgan fingerprint density at radius 1 is 1.16 bits per heavy atom. The number of anilines is 1. The molecule has 0 aliphatic heterocycles. The van der Waals surface area contributed by atoms with E-state index >= 15 is 0 Å². The lowest BCUT2D eigenvalue weighted by atomic mass is 10.2. The Morgan fingerprint density at radius 3 is 2.21 bits per heavy atom. The van der Waals surface area contributed by atoms with Gasteiger partial charge in [-0.2, -0.15) is 13.2 Å². The second-order valence-electron chi connectivity index (χ2n) is 3.51. The monoisotopic (exact) mass is 293 g/mol. The van der Waals surface area contributed by atoms with Crippen molar-refractivity contribution < 1.29 is 27.9 Å². The molecule has 19 heavy (non-hydrogen) atoms. The van der Waals surface area contributed by atoms with E-state index in [-0.39, 0.29) is 17.2 Å². The van der Waals surface area contributed by atoms with Gasteiger partial charge >= 0.3 is 12.1 Å². The van der Waals surface area contributed by atoms with E-state index in [9.17, 15) is 22.8 Å². The average molecular weight is 293 g/mol. The molecule has 0 atom stereocenters. The smallest absolute Gasteiger partial charge is 0.416 e. The van der Waals surface area contributed by atoms with Gasteiger partial charge in [0, 0.05) is 5.69 Å². The van der Waals surface area contributed by atoms with Crippen LogP contribution in [0.25, 0.3) is 0 Å². The van der Waals surface area contributed by atoms with Crippen LogP contribution in [0.3, 0.4) is 0 Å². The number of hydrogen-bond acceptors (Lipinski definition) is 3. The van der Waals surface area contributed by atoms with Gasteiger partial charge in [-0.1, -0.05) is 0 Å². The highest BCUT2D eigenvalue weighted by Crippen LogP contribution is 2.29. The van der Waals surface area contributed by atoms with Crippen LogP contribution < -0.4 is 5.32 Å². The number of halogens is 3. The van der Waals surface area contributed by atoms with Crippen LogP contribution in [0.1, 0.15) is 5.56 Å². The van der Waals surface area contributed by atoms with Gasteiger partial charge < -0.3 is 10.4 Å². The number of carbonyl (C=O) groups is 2. The maximum atomic E-state index is 12.3. The van der Waals surface area contributed by atoms with E-state index in [4.69, 9.17) is 5.11 Å². The first-order chi connectivity index (χ1) is 8.79. The predicted molar refractivity (Wildman–Crippen MR) is 65.0 cm³/mol. The number of rotatable bonds is 5. The fraction of sp³-hybridized carbons (Fsp3) is 0.273. The van der Waals surface area contributed by atoms with E-state index < -0.39 is 23.6 Å². The first kappa shape index (κ1) is 15.4. The van der Waals surface area contributed by atoms with Gasteiger partial charge in [-0.15, -0.1) is 11.8 Å². The summed E-state index contributed by atoms with van der Waals surface area (Å²) < 4.78 is 36.8. The molecule has 0 bridgehead atoms. The van der Waals surface area contributed by atoms with Crippen LogP contribution in [0.4, 0.5) is 18.9 Å². The quantitative estimate of drug-likeness (QED) is 0.875. The van der Waals surface area contributed by atoms with Crippen LogP contribution in [0.15, 0.2) is 24.3 Å². The number of carbonyl (C=O) groups excluding carboxylic acids is 1. The van der Waals surface area contributed by atoms with Crippen molar-refractivity contribution in [3.8, 4) is 0 Å². The van der Waals surface area contributed by atoms with Gasteiger partial charge in [0.1, 0.15) is 0 Å². The number of alkyl halides is 3. The average Bonchev–Trinajstić information content (AvgIpc) is 2.27. The van der Waals surface area contributed by atoms with Crippen molar-refractivity contribution in [2.45, 2.75) is 6.18 Å². The Labute approximate surface area is 111 Å². The zero-order chi connectivity index (χ0) is 14.5. The summed E-state index contributed by atoms with van der Waals surface area (Å²) in [6.45, 7) is 0. The molecule has 2 N–H and O–H groups in total. The summed E-state index contributed by atoms with van der Waals surface area (Å²) in [7, 11) is 0. The molecule has 1 aromatic carbocycles. The van der Waals surface area contributed by atoms with Crippen LogP contribution >= 0.6 is 11.8 Å². The van der Waals surface area contributed by atoms with Crippen molar-refractivity contribution in [1.29, 1.82) is 0 Å². The van der Waals surface area contributed by atoms with Crippen LogP contribution in [-0.2, 0) is 15.8 Å². The number of carboxylic acid groups (broad SMARTS) is 1. The van der Waals surface area contributed by atoms with Gasteiger partial charge in [0.2, 0.25) is 5.91 Å². The molecule has 104 valence electrons. The summed E-state index contributed by atoms with van der Waals surface area (Å²) in [4.78, 5) is 21.5. The fourth-order valence-corrected chi connectivity index (χ4v) is 1.70. The molecule has 1 amide bonds. The van der Waals surface area contributed by atoms with Crippen molar-refractivity contribution >= 4 is 29.3 Å². The third-order valence-corrected chi connectivity index (χ3v) is 2.87. The molecule has 0 fully saturated rings. The van der Waals surface area contributed by atoms with Crippen molar-refractivity contribution in [2.24, 2.45) is 0 Å². The summed E-state index contributed by atoms with van der Waals surface area (Å²) in [6.07, 6.45) is -4.42. The van der Waals surface area contributed by atoms with E-state index in [0.29, 0.717) is 0 Å². The van der Waals surface area contributed by atoms with Crippen molar-refractivity contribution in [1.82, 2.24) is 0 Å². The lowest BCUT2D eigenvalue weighted by Crippen LogP contribution is -2.15. The highest BCUT2D eigenvalue weighted by atomic mass is 32.2. The first-order valence-corrected chi connectivity index (χ1v) is 6.21. The minimum atomic E-state index is -4.42. The predicted octanol–water partition coefficient (Wildman–Crippen LogP) is 2.46. The lowest BCUT2D eigenvalue weighted by molar-refractivity contribution is -0.137. The summed E-state index contributed by atoms with van der Waals surface area (Å²) in [5.41, 5.74) is -0.570. The van der Waals surface area contributed by atoms with Gasteiger partial charge in [-0.05, 0) is 24.3 Å². The number of aliphatic carboxylic acids is 1. The van der Waals surface area contributed by atoms with Gasteiger partial charge in [0.25, 0.3) is 0 Å². The van der Waals surface area contributed by atoms with E-state index in [1.165, 1.54) is 0 Å². The molecule has 0 radical (unpaired) electrons. The summed E-state index contributed by atoms with van der Waals surface area (Å²) in [6, 6.07) is 4.01.